The third-order valence-corrected chi connectivity index (χ3v) is 0. The molecule has 0 bridgehead atoms. The Bertz CT molecular complexity index is 9.61. The van der Waals surface area contributed by atoms with E-state index in [2.05, 4.69) is 0 Å². The van der Waals surface area contributed by atoms with Gasteiger partial charge in [0.25, 0.3) is 0 Å². The van der Waals surface area contributed by atoms with Gasteiger partial charge in [-0.3, -0.25) is 0 Å². The molecule has 0 heterocycles. The van der Waals surface area contributed by atoms with Gasteiger partial charge >= 0.3 is 0 Å². The molecule has 0 fully saturated rings. The molecular formula is CoCrFeMo2. The maximum atomic E-state index is 0. The third kappa shape index (κ3) is 19.6. The van der Waals surface area contributed by atoms with Crippen LogP contribution in [0.1, 0.15) is 0 Å². The van der Waals surface area contributed by atoms with Crippen molar-refractivity contribution in [1.82, 2.24) is 0 Å². The quantitative estimate of drug-likeness (QED) is 0.534. The molecule has 35 valence electrons. The van der Waals surface area contributed by atoms with E-state index in [4.69, 9.17) is 0 Å². The maximum absolute atomic E-state index is 0. The van der Waals surface area contributed by atoms with Gasteiger partial charge in [0, 0.05) is 93.3 Å². The molecule has 5 heteroatoms. The van der Waals surface area contributed by atoms with Crippen molar-refractivity contribution in [2.75, 3.05) is 0 Å². The fourth-order valence-corrected chi connectivity index (χ4v) is 0. The zero-order chi connectivity index (χ0) is 0. The molecule has 0 nitrogen and oxygen atoms in total. The zero-order valence-corrected chi connectivity index (χ0v) is 9.35. The van der Waals surface area contributed by atoms with Crippen LogP contribution in [0.4, 0.5) is 0 Å². The van der Waals surface area contributed by atoms with Gasteiger partial charge in [-0.25, -0.2) is 0 Å². The Labute approximate surface area is 91.9 Å². The largest absolute Gasteiger partial charge is 0 e. The van der Waals surface area contributed by atoms with Crippen molar-refractivity contribution >= 4 is 0 Å². The maximum Gasteiger partial charge on any atom is 0 e. The van der Waals surface area contributed by atoms with E-state index in [1.807, 2.05) is 0 Å². The molecule has 0 aliphatic rings. The van der Waals surface area contributed by atoms with E-state index in [-0.39, 0.29) is 93.3 Å². The summed E-state index contributed by atoms with van der Waals surface area (Å²) in [6, 6.07) is 0. The molecule has 1 radical (unpaired) electrons. The van der Waals surface area contributed by atoms with E-state index in [1.165, 1.54) is 0 Å². The van der Waals surface area contributed by atoms with Crippen LogP contribution >= 0.6 is 0 Å². The minimum Gasteiger partial charge on any atom is 0 e. The van der Waals surface area contributed by atoms with Crippen LogP contribution in [0.25, 0.3) is 0 Å². The Morgan fingerprint density at radius 3 is 0.800 bits per heavy atom. The van der Waals surface area contributed by atoms with Crippen LogP contribution in [0, 0.1) is 0 Å². The minimum absolute atomic E-state index is 0. The van der Waals surface area contributed by atoms with Crippen molar-refractivity contribution in [3.63, 3.8) is 0 Å². The topological polar surface area (TPSA) is 0 Å². The van der Waals surface area contributed by atoms with E-state index in [1.54, 1.807) is 0 Å². The normalized spacial score (nSPS) is 0. The van der Waals surface area contributed by atoms with Crippen molar-refractivity contribution in [3.8, 4) is 0 Å². The molecular weight excluding hydrogens is 359 g/mol. The molecule has 0 aromatic heterocycles. The molecule has 0 spiro atoms. The summed E-state index contributed by atoms with van der Waals surface area (Å²) in [5.74, 6) is 0. The van der Waals surface area contributed by atoms with Gasteiger partial charge in [0.1, 0.15) is 0 Å². The molecule has 0 saturated heterocycles. The van der Waals surface area contributed by atoms with Crippen LogP contribution in [0.3, 0.4) is 0 Å². The Morgan fingerprint density at radius 2 is 0.800 bits per heavy atom. The van der Waals surface area contributed by atoms with Crippen LogP contribution in [0.2, 0.25) is 0 Å². The summed E-state index contributed by atoms with van der Waals surface area (Å²) in [4.78, 5) is 0. The van der Waals surface area contributed by atoms with Crippen molar-refractivity contribution in [2.45, 2.75) is 0 Å². The first-order chi connectivity index (χ1) is 0. The Hall–Kier alpha value is 2.94. The molecule has 0 saturated carbocycles. The van der Waals surface area contributed by atoms with Crippen LogP contribution in [0.5, 0.6) is 0 Å². The zero-order valence-electron chi connectivity index (χ0n) is 1.91. The summed E-state index contributed by atoms with van der Waals surface area (Å²) in [6.07, 6.45) is 0. The van der Waals surface area contributed by atoms with E-state index in [9.17, 15) is 0 Å². The molecule has 0 N–H and O–H groups in total. The second kappa shape index (κ2) is 28.4. The fraction of sp³-hybridized carbons (Fsp3) is 0. The van der Waals surface area contributed by atoms with Gasteiger partial charge in [0.05, 0.1) is 0 Å². The fourth-order valence-electron chi connectivity index (χ4n) is 0. The molecule has 0 aliphatic carbocycles. The summed E-state index contributed by atoms with van der Waals surface area (Å²) < 4.78 is 0. The predicted molar refractivity (Wildman–Crippen MR) is 0 cm³/mol. The smallest absolute Gasteiger partial charge is 0 e. The van der Waals surface area contributed by atoms with Gasteiger partial charge in [-0.15, -0.1) is 0 Å². The van der Waals surface area contributed by atoms with Crippen LogP contribution in [-0.4, -0.2) is 0 Å². The number of hydrogen-bond acceptors (Lipinski definition) is 0. The second-order valence-electron chi connectivity index (χ2n) is 0. The van der Waals surface area contributed by atoms with E-state index >= 15 is 0 Å². The first-order valence-electron chi connectivity index (χ1n) is 0. The van der Waals surface area contributed by atoms with Gasteiger partial charge in [-0.1, -0.05) is 0 Å². The molecule has 0 amide bonds. The molecule has 0 atom stereocenters. The van der Waals surface area contributed by atoms with Crippen molar-refractivity contribution in [2.24, 2.45) is 0 Å². The third-order valence-electron chi connectivity index (χ3n) is 0. The second-order valence-corrected chi connectivity index (χ2v) is 0. The predicted octanol–water partition coefficient (Wildman–Crippen LogP) is -0.0125. The average molecular weight is 359 g/mol. The Kier molecular flexibility index (Phi) is 251. The van der Waals surface area contributed by atoms with E-state index in [0.29, 0.717) is 0 Å². The molecule has 0 aromatic carbocycles. The molecule has 0 rings (SSSR count). The van der Waals surface area contributed by atoms with Gasteiger partial charge in [0.2, 0.25) is 0 Å². The SMILES string of the molecule is [Co].[Cr].[Fe].[Mo].[Mo]. The van der Waals surface area contributed by atoms with Crippen LogP contribution in [-0.2, 0) is 93.3 Å². The molecule has 0 unspecified atom stereocenters. The summed E-state index contributed by atoms with van der Waals surface area (Å²) in [5.41, 5.74) is 0. The standard InChI is InChI=1S/Co.Cr.Fe.2Mo. The van der Waals surface area contributed by atoms with Gasteiger partial charge in [-0.05, 0) is 0 Å². The van der Waals surface area contributed by atoms with Crippen LogP contribution in [0.15, 0.2) is 0 Å². The van der Waals surface area contributed by atoms with Gasteiger partial charge in [-0.2, -0.15) is 0 Å². The molecule has 0 aliphatic heterocycles. The van der Waals surface area contributed by atoms with Crippen molar-refractivity contribution in [3.05, 3.63) is 0 Å². The Morgan fingerprint density at radius 1 is 0.800 bits per heavy atom. The minimum atomic E-state index is 0. The van der Waals surface area contributed by atoms with Crippen molar-refractivity contribution < 1.29 is 93.3 Å². The van der Waals surface area contributed by atoms with E-state index in [0.717, 1.165) is 0 Å². The van der Waals surface area contributed by atoms with Crippen molar-refractivity contribution in [1.29, 1.82) is 0 Å². The number of rotatable bonds is 0. The average Bonchev–Trinajstić information content (AvgIpc) is 0. The van der Waals surface area contributed by atoms with Gasteiger partial charge in [0.15, 0.2) is 0 Å². The summed E-state index contributed by atoms with van der Waals surface area (Å²) in [6.45, 7) is 0. The molecule has 0 aromatic rings. The summed E-state index contributed by atoms with van der Waals surface area (Å²) in [7, 11) is 0. The summed E-state index contributed by atoms with van der Waals surface area (Å²) >= 11 is 0. The van der Waals surface area contributed by atoms with Gasteiger partial charge < -0.3 is 0 Å². The van der Waals surface area contributed by atoms with Crippen LogP contribution < -0.4 is 0 Å². The molecule has 5 heavy (non-hydrogen) atoms. The number of hydrogen-bond donors (Lipinski definition) is 0. The summed E-state index contributed by atoms with van der Waals surface area (Å²) in [5, 5.41) is 0. The first kappa shape index (κ1) is 44.3. The monoisotopic (exact) mass is 363 g/mol. The Balaban J connectivity index is 0. The first-order valence-corrected chi connectivity index (χ1v) is 0. The van der Waals surface area contributed by atoms with E-state index < -0.39 is 0 Å².